The molecule has 1 unspecified atom stereocenters. The van der Waals surface area contributed by atoms with Crippen molar-refractivity contribution in [3.05, 3.63) is 54.4 Å². The number of hydrogen-bond acceptors (Lipinski definition) is 5. The highest BCUT2D eigenvalue weighted by molar-refractivity contribution is 5.95. The molecule has 1 fully saturated rings. The van der Waals surface area contributed by atoms with Crippen LogP contribution in [0, 0.1) is 0 Å². The second-order valence-corrected chi connectivity index (χ2v) is 7.89. The molecule has 0 aliphatic carbocycles. The van der Waals surface area contributed by atoms with Crippen molar-refractivity contribution < 1.29 is 4.79 Å². The highest BCUT2D eigenvalue weighted by Gasteiger charge is 2.20. The van der Waals surface area contributed by atoms with E-state index in [1.54, 1.807) is 6.20 Å². The molecule has 6 heteroatoms. The molecular formula is C24H29N5O. The van der Waals surface area contributed by atoms with Crippen molar-refractivity contribution in [1.29, 1.82) is 0 Å². The number of likely N-dealkylation sites (tertiary alicyclic amines) is 1. The molecule has 1 amide bonds. The molecule has 4 rings (SSSR count). The van der Waals surface area contributed by atoms with Gasteiger partial charge < -0.3 is 15.1 Å². The molecule has 0 bridgehead atoms. The van der Waals surface area contributed by atoms with Crippen LogP contribution in [0.2, 0.25) is 0 Å². The number of carbonyl (C=O) groups is 1. The summed E-state index contributed by atoms with van der Waals surface area (Å²) < 4.78 is 0. The van der Waals surface area contributed by atoms with Gasteiger partial charge in [0.25, 0.3) is 5.91 Å². The normalized spacial score (nSPS) is 16.7. The Hall–Kier alpha value is -2.99. The third-order valence-corrected chi connectivity index (χ3v) is 5.84. The van der Waals surface area contributed by atoms with Crippen LogP contribution < -0.4 is 5.32 Å². The van der Waals surface area contributed by atoms with Crippen molar-refractivity contribution in [2.45, 2.75) is 26.3 Å². The van der Waals surface area contributed by atoms with Crippen LogP contribution in [-0.4, -0.2) is 64.9 Å². The van der Waals surface area contributed by atoms with Gasteiger partial charge >= 0.3 is 0 Å². The zero-order valence-corrected chi connectivity index (χ0v) is 17.9. The zero-order chi connectivity index (χ0) is 21.1. The molecule has 1 aliphatic rings. The van der Waals surface area contributed by atoms with Gasteiger partial charge in [-0.2, -0.15) is 0 Å². The minimum Gasteiger partial charge on any atom is -0.380 e. The van der Waals surface area contributed by atoms with Gasteiger partial charge in [0, 0.05) is 60.3 Å². The lowest BCUT2D eigenvalue weighted by atomic mass is 10.1. The van der Waals surface area contributed by atoms with E-state index in [1.165, 1.54) is 0 Å². The van der Waals surface area contributed by atoms with E-state index >= 15 is 0 Å². The van der Waals surface area contributed by atoms with Gasteiger partial charge in [0.05, 0.1) is 11.2 Å². The topological polar surface area (TPSA) is 61.4 Å². The summed E-state index contributed by atoms with van der Waals surface area (Å²) in [6, 6.07) is 12.2. The lowest BCUT2D eigenvalue weighted by molar-refractivity contribution is 0.0773. The van der Waals surface area contributed by atoms with Gasteiger partial charge in [-0.1, -0.05) is 12.1 Å². The zero-order valence-electron chi connectivity index (χ0n) is 17.9. The number of hydrogen-bond donors (Lipinski definition) is 1. The van der Waals surface area contributed by atoms with Gasteiger partial charge in [0.1, 0.15) is 0 Å². The van der Waals surface area contributed by atoms with Gasteiger partial charge in [-0.3, -0.25) is 9.78 Å². The number of rotatable bonds is 6. The van der Waals surface area contributed by atoms with E-state index in [1.807, 2.05) is 55.3 Å². The molecule has 2 aromatic heterocycles. The van der Waals surface area contributed by atoms with Crippen LogP contribution >= 0.6 is 0 Å². The number of nitrogens with zero attached hydrogens (tertiary/aromatic N) is 4. The molecule has 6 nitrogen and oxygen atoms in total. The molecule has 0 spiro atoms. The maximum Gasteiger partial charge on any atom is 0.253 e. The number of amides is 1. The highest BCUT2D eigenvalue weighted by Crippen LogP contribution is 2.29. The first kappa shape index (κ1) is 20.3. The average molecular weight is 404 g/mol. The molecule has 156 valence electrons. The second-order valence-electron chi connectivity index (χ2n) is 7.89. The fourth-order valence-corrected chi connectivity index (χ4v) is 4.09. The molecule has 3 aromatic rings. The van der Waals surface area contributed by atoms with Gasteiger partial charge in [-0.25, -0.2) is 4.98 Å². The first-order chi connectivity index (χ1) is 14.6. The predicted octanol–water partition coefficient (Wildman–Crippen LogP) is 3.89. The quantitative estimate of drug-likeness (QED) is 0.676. The van der Waals surface area contributed by atoms with Crippen molar-refractivity contribution >= 4 is 22.5 Å². The third-order valence-electron chi connectivity index (χ3n) is 5.84. The number of carbonyl (C=O) groups excluding carboxylic acids is 1. The molecule has 0 radical (unpaired) electrons. The fourth-order valence-electron chi connectivity index (χ4n) is 4.09. The van der Waals surface area contributed by atoms with Crippen molar-refractivity contribution in [3.63, 3.8) is 0 Å². The van der Waals surface area contributed by atoms with E-state index in [-0.39, 0.29) is 5.91 Å². The monoisotopic (exact) mass is 403 g/mol. The average Bonchev–Trinajstić information content (AvgIpc) is 3.19. The molecular weight excluding hydrogens is 374 g/mol. The van der Waals surface area contributed by atoms with Crippen molar-refractivity contribution in [3.8, 4) is 11.3 Å². The molecule has 1 aliphatic heterocycles. The van der Waals surface area contributed by atoms with Crippen LogP contribution in [0.4, 0.5) is 5.69 Å². The maximum atomic E-state index is 12.6. The van der Waals surface area contributed by atoms with E-state index in [2.05, 4.69) is 28.3 Å². The summed E-state index contributed by atoms with van der Waals surface area (Å²) in [5.41, 5.74) is 4.58. The van der Waals surface area contributed by atoms with Gasteiger partial charge in [0.2, 0.25) is 0 Å². The van der Waals surface area contributed by atoms with Crippen LogP contribution in [0.5, 0.6) is 0 Å². The summed E-state index contributed by atoms with van der Waals surface area (Å²) in [4.78, 5) is 25.9. The number of fused-ring (bicyclic) bond motifs is 1. The van der Waals surface area contributed by atoms with Gasteiger partial charge in [-0.15, -0.1) is 0 Å². The van der Waals surface area contributed by atoms with Crippen LogP contribution in [0.3, 0.4) is 0 Å². The van der Waals surface area contributed by atoms with E-state index in [4.69, 9.17) is 4.98 Å². The Kier molecular flexibility index (Phi) is 5.95. The number of likely N-dealkylation sites (N-methyl/N-ethyl adjacent to an activating group) is 1. The molecule has 0 saturated carbocycles. The van der Waals surface area contributed by atoms with Crippen molar-refractivity contribution in [1.82, 2.24) is 19.8 Å². The Labute approximate surface area is 177 Å². The van der Waals surface area contributed by atoms with E-state index in [9.17, 15) is 4.79 Å². The van der Waals surface area contributed by atoms with Gasteiger partial charge in [0.15, 0.2) is 0 Å². The molecule has 1 aromatic carbocycles. The summed E-state index contributed by atoms with van der Waals surface area (Å²) in [6.45, 7) is 7.56. The van der Waals surface area contributed by atoms with Crippen LogP contribution in [0.15, 0.2) is 48.8 Å². The largest absolute Gasteiger partial charge is 0.380 e. The second kappa shape index (κ2) is 8.79. The van der Waals surface area contributed by atoms with E-state index in [0.717, 1.165) is 47.4 Å². The summed E-state index contributed by atoms with van der Waals surface area (Å²) in [7, 11) is 2.15. The Morgan fingerprint density at radius 3 is 2.63 bits per heavy atom. The summed E-state index contributed by atoms with van der Waals surface area (Å²) in [6.07, 6.45) is 4.77. The first-order valence-electron chi connectivity index (χ1n) is 10.7. The summed E-state index contributed by atoms with van der Waals surface area (Å²) >= 11 is 0. The minimum absolute atomic E-state index is 0.0665. The molecule has 30 heavy (non-hydrogen) atoms. The highest BCUT2D eigenvalue weighted by atomic mass is 16.2. The van der Waals surface area contributed by atoms with Crippen molar-refractivity contribution in [2.75, 3.05) is 38.5 Å². The predicted molar refractivity (Wildman–Crippen MR) is 122 cm³/mol. The maximum absolute atomic E-state index is 12.6. The number of nitrogens with one attached hydrogen (secondary N) is 1. The molecule has 3 heterocycles. The minimum atomic E-state index is 0.0665. The number of benzene rings is 1. The summed E-state index contributed by atoms with van der Waals surface area (Å²) in [5.74, 6) is 0.0665. The Morgan fingerprint density at radius 1 is 1.20 bits per heavy atom. The number of aromatic nitrogens is 2. The number of anilines is 1. The van der Waals surface area contributed by atoms with Crippen molar-refractivity contribution in [2.24, 2.45) is 0 Å². The lowest BCUT2D eigenvalue weighted by Crippen LogP contribution is -2.30. The third kappa shape index (κ3) is 4.14. The standard InChI is InChI=1S/C24H29N5O/c1-4-29(5-2)24(30)18-8-6-17(7-9-18)22-14-23(26-19-11-13-28(3)16-19)20-15-25-12-10-21(20)27-22/h6-10,12,14-15,19H,4-5,11,13,16H2,1-3H3,(H,26,27). The van der Waals surface area contributed by atoms with Crippen LogP contribution in [0.1, 0.15) is 30.6 Å². The van der Waals surface area contributed by atoms with Crippen LogP contribution in [0.25, 0.3) is 22.2 Å². The fraction of sp³-hybridized carbons (Fsp3) is 0.375. The Bertz CT molecular complexity index is 1030. The Morgan fingerprint density at radius 2 is 1.97 bits per heavy atom. The molecule has 1 N–H and O–H groups in total. The van der Waals surface area contributed by atoms with Gasteiger partial charge in [-0.05, 0) is 58.1 Å². The lowest BCUT2D eigenvalue weighted by Gasteiger charge is -2.19. The molecule has 1 atom stereocenters. The molecule has 1 saturated heterocycles. The van der Waals surface area contributed by atoms with E-state index < -0.39 is 0 Å². The SMILES string of the molecule is CCN(CC)C(=O)c1ccc(-c2cc(NC3CCN(C)C3)c3cnccc3n2)cc1. The number of pyridine rings is 2. The Balaban J connectivity index is 1.66. The smallest absolute Gasteiger partial charge is 0.253 e. The van der Waals surface area contributed by atoms with Crippen LogP contribution in [-0.2, 0) is 0 Å². The van der Waals surface area contributed by atoms with E-state index in [0.29, 0.717) is 24.7 Å². The summed E-state index contributed by atoms with van der Waals surface area (Å²) in [5, 5.41) is 4.73. The first-order valence-corrected chi connectivity index (χ1v) is 10.7.